The standard InChI is InChI=1S/C15H16BrF2N3O/c1-8-11-6-9(16)7-12(13(11)21-14(19)20-8)22-10-2-4-15(17,18)5-3-10/h6-7,10H,2-5H2,1H3,(H2,19,20,21). The molecule has 0 saturated heterocycles. The second-order valence-corrected chi connectivity index (χ2v) is 6.56. The van der Waals surface area contributed by atoms with E-state index in [1.54, 1.807) is 6.07 Å². The Morgan fingerprint density at radius 2 is 1.95 bits per heavy atom. The van der Waals surface area contributed by atoms with Crippen molar-refractivity contribution in [2.75, 3.05) is 5.73 Å². The van der Waals surface area contributed by atoms with Crippen LogP contribution < -0.4 is 10.5 Å². The zero-order valence-electron chi connectivity index (χ0n) is 12.1. The second kappa shape index (κ2) is 5.61. The third kappa shape index (κ3) is 3.14. The summed E-state index contributed by atoms with van der Waals surface area (Å²) in [6, 6.07) is 3.69. The summed E-state index contributed by atoms with van der Waals surface area (Å²) in [5, 5.41) is 0.833. The number of ether oxygens (including phenoxy) is 1. The summed E-state index contributed by atoms with van der Waals surface area (Å²) in [5.74, 6) is -1.84. The Labute approximate surface area is 135 Å². The van der Waals surface area contributed by atoms with Gasteiger partial charge in [0.1, 0.15) is 11.3 Å². The molecule has 0 amide bonds. The van der Waals surface area contributed by atoms with E-state index in [1.807, 2.05) is 13.0 Å². The molecule has 4 nitrogen and oxygen atoms in total. The fraction of sp³-hybridized carbons (Fsp3) is 0.467. The molecule has 2 aromatic rings. The molecule has 1 aliphatic rings. The number of hydrogen-bond acceptors (Lipinski definition) is 4. The van der Waals surface area contributed by atoms with Crippen molar-refractivity contribution >= 4 is 32.8 Å². The van der Waals surface area contributed by atoms with Crippen LogP contribution in [0.5, 0.6) is 5.75 Å². The van der Waals surface area contributed by atoms with Crippen molar-refractivity contribution in [2.45, 2.75) is 44.6 Å². The molecule has 0 aliphatic heterocycles. The highest BCUT2D eigenvalue weighted by atomic mass is 79.9. The highest BCUT2D eigenvalue weighted by Crippen LogP contribution is 2.37. The zero-order chi connectivity index (χ0) is 15.9. The molecule has 3 rings (SSSR count). The van der Waals surface area contributed by atoms with Gasteiger partial charge < -0.3 is 10.5 Å². The molecule has 0 bridgehead atoms. The number of fused-ring (bicyclic) bond motifs is 1. The SMILES string of the molecule is Cc1nc(N)nc2c(OC3CCC(F)(F)CC3)cc(Br)cc12. The summed E-state index contributed by atoms with van der Waals surface area (Å²) in [6.45, 7) is 1.84. The average molecular weight is 372 g/mol. The van der Waals surface area contributed by atoms with Crippen molar-refractivity contribution in [3.63, 3.8) is 0 Å². The third-order valence-electron chi connectivity index (χ3n) is 3.90. The van der Waals surface area contributed by atoms with E-state index in [1.165, 1.54) is 0 Å². The molecule has 22 heavy (non-hydrogen) atoms. The van der Waals surface area contributed by atoms with Gasteiger partial charge in [-0.1, -0.05) is 15.9 Å². The molecule has 1 aromatic carbocycles. The number of alkyl halides is 2. The first-order valence-corrected chi connectivity index (χ1v) is 7.91. The zero-order valence-corrected chi connectivity index (χ0v) is 13.7. The minimum Gasteiger partial charge on any atom is -0.488 e. The van der Waals surface area contributed by atoms with E-state index >= 15 is 0 Å². The van der Waals surface area contributed by atoms with Crippen LogP contribution >= 0.6 is 15.9 Å². The Balaban J connectivity index is 1.93. The van der Waals surface area contributed by atoms with Crippen LogP contribution in [0.2, 0.25) is 0 Å². The smallest absolute Gasteiger partial charge is 0.248 e. The molecule has 118 valence electrons. The van der Waals surface area contributed by atoms with Gasteiger partial charge in [-0.15, -0.1) is 0 Å². The monoisotopic (exact) mass is 371 g/mol. The number of rotatable bonds is 2. The van der Waals surface area contributed by atoms with Gasteiger partial charge in [-0.05, 0) is 31.9 Å². The van der Waals surface area contributed by atoms with Crippen molar-refractivity contribution in [3.8, 4) is 5.75 Å². The van der Waals surface area contributed by atoms with Gasteiger partial charge in [0.2, 0.25) is 11.9 Å². The third-order valence-corrected chi connectivity index (χ3v) is 4.35. The van der Waals surface area contributed by atoms with E-state index in [9.17, 15) is 8.78 Å². The van der Waals surface area contributed by atoms with Crippen LogP contribution in [0, 0.1) is 6.92 Å². The van der Waals surface area contributed by atoms with Gasteiger partial charge in [0.25, 0.3) is 0 Å². The molecule has 1 aromatic heterocycles. The van der Waals surface area contributed by atoms with E-state index in [0.29, 0.717) is 24.1 Å². The van der Waals surface area contributed by atoms with E-state index in [4.69, 9.17) is 10.5 Å². The van der Waals surface area contributed by atoms with Gasteiger partial charge in [-0.25, -0.2) is 18.7 Å². The highest BCUT2D eigenvalue weighted by Gasteiger charge is 2.36. The van der Waals surface area contributed by atoms with Crippen LogP contribution in [0.1, 0.15) is 31.4 Å². The first-order valence-electron chi connectivity index (χ1n) is 7.12. The lowest BCUT2D eigenvalue weighted by atomic mass is 9.94. The molecule has 1 heterocycles. The predicted octanol–water partition coefficient (Wildman–Crippen LogP) is 4.24. The summed E-state index contributed by atoms with van der Waals surface area (Å²) in [7, 11) is 0. The Kier molecular flexibility index (Phi) is 3.92. The number of hydrogen-bond donors (Lipinski definition) is 1. The van der Waals surface area contributed by atoms with Crippen LogP contribution in [0.15, 0.2) is 16.6 Å². The molecule has 1 aliphatic carbocycles. The van der Waals surface area contributed by atoms with E-state index in [-0.39, 0.29) is 24.9 Å². The molecule has 0 unspecified atom stereocenters. The molecule has 1 fully saturated rings. The van der Waals surface area contributed by atoms with Gasteiger partial charge in [0.15, 0.2) is 0 Å². The largest absolute Gasteiger partial charge is 0.488 e. The number of anilines is 1. The summed E-state index contributed by atoms with van der Waals surface area (Å²) in [6.07, 6.45) is 0.161. The molecular formula is C15H16BrF2N3O. The van der Waals surface area contributed by atoms with Gasteiger partial charge in [-0.3, -0.25) is 0 Å². The number of nitrogens with zero attached hydrogens (tertiary/aromatic N) is 2. The fourth-order valence-corrected chi connectivity index (χ4v) is 3.17. The van der Waals surface area contributed by atoms with Crippen LogP contribution in [0.25, 0.3) is 10.9 Å². The van der Waals surface area contributed by atoms with Gasteiger partial charge in [0, 0.05) is 22.7 Å². The summed E-state index contributed by atoms with van der Waals surface area (Å²) in [5.41, 5.74) is 7.08. The number of aryl methyl sites for hydroxylation is 1. The lowest BCUT2D eigenvalue weighted by Crippen LogP contribution is -2.30. The van der Waals surface area contributed by atoms with Crippen LogP contribution in [-0.2, 0) is 0 Å². The predicted molar refractivity (Wildman–Crippen MR) is 84.2 cm³/mol. The average Bonchev–Trinajstić information content (AvgIpc) is 2.42. The van der Waals surface area contributed by atoms with Crippen LogP contribution in [-0.4, -0.2) is 22.0 Å². The maximum atomic E-state index is 13.2. The Bertz CT molecular complexity index is 713. The minimum absolute atomic E-state index is 0.139. The Morgan fingerprint density at radius 3 is 2.64 bits per heavy atom. The van der Waals surface area contributed by atoms with Crippen molar-refractivity contribution < 1.29 is 13.5 Å². The van der Waals surface area contributed by atoms with E-state index in [0.717, 1.165) is 15.6 Å². The summed E-state index contributed by atoms with van der Waals surface area (Å²) in [4.78, 5) is 8.39. The van der Waals surface area contributed by atoms with Crippen LogP contribution in [0.3, 0.4) is 0 Å². The quantitative estimate of drug-likeness (QED) is 0.857. The van der Waals surface area contributed by atoms with Gasteiger partial charge in [-0.2, -0.15) is 0 Å². The maximum absolute atomic E-state index is 13.2. The number of nitrogen functional groups attached to an aromatic ring is 1. The van der Waals surface area contributed by atoms with Gasteiger partial charge in [0.05, 0.1) is 11.8 Å². The molecule has 7 heteroatoms. The van der Waals surface area contributed by atoms with Crippen molar-refractivity contribution in [3.05, 3.63) is 22.3 Å². The minimum atomic E-state index is -2.57. The Morgan fingerprint density at radius 1 is 1.27 bits per heavy atom. The lowest BCUT2D eigenvalue weighted by molar-refractivity contribution is -0.0580. The number of benzene rings is 1. The van der Waals surface area contributed by atoms with E-state index in [2.05, 4.69) is 25.9 Å². The second-order valence-electron chi connectivity index (χ2n) is 5.64. The first-order chi connectivity index (χ1) is 10.3. The fourth-order valence-electron chi connectivity index (χ4n) is 2.74. The molecule has 0 radical (unpaired) electrons. The molecule has 0 spiro atoms. The molecule has 2 N–H and O–H groups in total. The number of nitrogens with two attached hydrogens (primary N) is 1. The molecule has 1 saturated carbocycles. The van der Waals surface area contributed by atoms with Crippen molar-refractivity contribution in [2.24, 2.45) is 0 Å². The molecule has 0 atom stereocenters. The van der Waals surface area contributed by atoms with Crippen molar-refractivity contribution in [1.82, 2.24) is 9.97 Å². The summed E-state index contributed by atoms with van der Waals surface area (Å²) < 4.78 is 33.2. The van der Waals surface area contributed by atoms with Gasteiger partial charge >= 0.3 is 0 Å². The normalized spacial score (nSPS) is 18.5. The Hall–Kier alpha value is -1.50. The summed E-state index contributed by atoms with van der Waals surface area (Å²) >= 11 is 3.43. The highest BCUT2D eigenvalue weighted by molar-refractivity contribution is 9.10. The van der Waals surface area contributed by atoms with Crippen LogP contribution in [0.4, 0.5) is 14.7 Å². The topological polar surface area (TPSA) is 61.0 Å². The lowest BCUT2D eigenvalue weighted by Gasteiger charge is -2.29. The maximum Gasteiger partial charge on any atom is 0.248 e. The van der Waals surface area contributed by atoms with E-state index < -0.39 is 5.92 Å². The number of halogens is 3. The molecular weight excluding hydrogens is 356 g/mol. The van der Waals surface area contributed by atoms with Crippen molar-refractivity contribution in [1.29, 1.82) is 0 Å². The first kappa shape index (κ1) is 15.4. The number of aromatic nitrogens is 2.